The molecule has 4 nitrogen and oxygen atoms in total. The zero-order chi connectivity index (χ0) is 14.1. The normalized spacial score (nSPS) is 11.2. The average molecular weight is 244 g/mol. The molecule has 0 unspecified atom stereocenters. The van der Waals surface area contributed by atoms with E-state index in [9.17, 15) is 9.90 Å². The Morgan fingerprint density at radius 2 is 1.83 bits per heavy atom. The maximum Gasteiger partial charge on any atom is 0.270 e. The van der Waals surface area contributed by atoms with Gasteiger partial charge in [0, 0.05) is 5.22 Å². The van der Waals surface area contributed by atoms with Crippen LogP contribution in [0.2, 0.25) is 0 Å². The van der Waals surface area contributed by atoms with Crippen LogP contribution in [0, 0.1) is 11.3 Å². The van der Waals surface area contributed by atoms with E-state index in [2.05, 4.69) is 18.1 Å². The molecule has 0 amide bonds. The minimum absolute atomic E-state index is 0.311. The van der Waals surface area contributed by atoms with Crippen LogP contribution in [0.25, 0.3) is 12.2 Å². The number of aromatic amines is 1. The van der Waals surface area contributed by atoms with Crippen molar-refractivity contribution in [1.82, 2.24) is 4.98 Å². The molecule has 1 aromatic rings. The second-order valence-corrected chi connectivity index (χ2v) is 2.92. The summed E-state index contributed by atoms with van der Waals surface area (Å²) in [5.74, 6) is -0.348. The largest absolute Gasteiger partial charge is 0.506 e. The molecular formula is C14H16N2O2. The van der Waals surface area contributed by atoms with Crippen molar-refractivity contribution in [3.63, 3.8) is 0 Å². The molecule has 0 bridgehead atoms. The first-order chi connectivity index (χ1) is 8.65. The summed E-state index contributed by atoms with van der Waals surface area (Å²) in [5.41, 5.74) is -0.941. The number of aromatic hydroxyl groups is 1. The van der Waals surface area contributed by atoms with Crippen molar-refractivity contribution in [1.29, 1.82) is 5.26 Å². The van der Waals surface area contributed by atoms with Crippen molar-refractivity contribution in [3.05, 3.63) is 51.8 Å². The highest BCUT2D eigenvalue weighted by Crippen LogP contribution is 2.00. The standard InChI is InChI=1S/C12H10N2O2.C2H6/c1-3-5-8-10(6-4-2)14-12(16)9(7-13)11(8)15;1-2/h3-6,15H,1-2H2,(H,14,16);1-2H3/b8-5+,10-6+;. The Kier molecular flexibility index (Phi) is 6.60. The van der Waals surface area contributed by atoms with Gasteiger partial charge < -0.3 is 10.1 Å². The van der Waals surface area contributed by atoms with Crippen LogP contribution in [0.3, 0.4) is 0 Å². The van der Waals surface area contributed by atoms with E-state index in [4.69, 9.17) is 5.26 Å². The lowest BCUT2D eigenvalue weighted by molar-refractivity contribution is 0.466. The minimum atomic E-state index is -0.630. The van der Waals surface area contributed by atoms with Crippen molar-refractivity contribution in [2.75, 3.05) is 0 Å². The van der Waals surface area contributed by atoms with Gasteiger partial charge in [-0.05, 0) is 12.2 Å². The van der Waals surface area contributed by atoms with Gasteiger partial charge >= 0.3 is 0 Å². The molecule has 1 aromatic heterocycles. The highest BCUT2D eigenvalue weighted by atomic mass is 16.3. The van der Waals surface area contributed by atoms with Crippen molar-refractivity contribution in [3.8, 4) is 11.8 Å². The first-order valence-corrected chi connectivity index (χ1v) is 5.46. The molecule has 0 fully saturated rings. The number of nitrogens with zero attached hydrogens (tertiary/aromatic N) is 1. The van der Waals surface area contributed by atoms with Crippen molar-refractivity contribution >= 4 is 12.2 Å². The molecule has 0 aliphatic rings. The Bertz CT molecular complexity index is 646. The maximum atomic E-state index is 11.4. The average Bonchev–Trinajstić information content (AvgIpc) is 2.37. The lowest BCUT2D eigenvalue weighted by Crippen LogP contribution is -2.35. The highest BCUT2D eigenvalue weighted by molar-refractivity contribution is 5.50. The van der Waals surface area contributed by atoms with Gasteiger partial charge in [0.15, 0.2) is 5.56 Å². The van der Waals surface area contributed by atoms with Gasteiger partial charge in [-0.15, -0.1) is 0 Å². The number of H-pyrrole nitrogens is 1. The molecule has 1 heterocycles. The number of rotatable bonds is 2. The summed E-state index contributed by atoms with van der Waals surface area (Å²) in [7, 11) is 0. The third-order valence-corrected chi connectivity index (χ3v) is 1.94. The topological polar surface area (TPSA) is 76.9 Å². The van der Waals surface area contributed by atoms with Gasteiger partial charge in [-0.2, -0.15) is 5.26 Å². The van der Waals surface area contributed by atoms with Gasteiger partial charge in [0.1, 0.15) is 11.8 Å². The third kappa shape index (κ3) is 3.22. The van der Waals surface area contributed by atoms with Crippen LogP contribution in [0.1, 0.15) is 19.4 Å². The number of allylic oxidation sites excluding steroid dienone is 2. The Morgan fingerprint density at radius 3 is 2.28 bits per heavy atom. The lowest BCUT2D eigenvalue weighted by Gasteiger charge is -1.97. The van der Waals surface area contributed by atoms with E-state index >= 15 is 0 Å². The highest BCUT2D eigenvalue weighted by Gasteiger charge is 2.07. The zero-order valence-corrected chi connectivity index (χ0v) is 10.5. The number of nitrogens with one attached hydrogen (secondary N) is 1. The van der Waals surface area contributed by atoms with Crippen molar-refractivity contribution < 1.29 is 5.11 Å². The van der Waals surface area contributed by atoms with Crippen molar-refractivity contribution in [2.45, 2.75) is 13.8 Å². The molecule has 94 valence electrons. The van der Waals surface area contributed by atoms with E-state index in [0.717, 1.165) is 0 Å². The van der Waals surface area contributed by atoms with Crippen LogP contribution in [-0.4, -0.2) is 10.1 Å². The zero-order valence-electron chi connectivity index (χ0n) is 10.5. The molecule has 0 aliphatic heterocycles. The predicted molar refractivity (Wildman–Crippen MR) is 73.4 cm³/mol. The van der Waals surface area contributed by atoms with Crippen LogP contribution < -0.4 is 16.1 Å². The van der Waals surface area contributed by atoms with Crippen LogP contribution in [-0.2, 0) is 0 Å². The molecule has 0 saturated heterocycles. The fourth-order valence-corrected chi connectivity index (χ4v) is 1.26. The van der Waals surface area contributed by atoms with Gasteiger partial charge in [-0.1, -0.05) is 39.2 Å². The third-order valence-electron chi connectivity index (χ3n) is 1.94. The maximum absolute atomic E-state index is 11.4. The van der Waals surface area contributed by atoms with Crippen LogP contribution in [0.5, 0.6) is 5.75 Å². The van der Waals surface area contributed by atoms with E-state index < -0.39 is 5.56 Å². The number of pyridine rings is 1. The molecule has 2 N–H and O–H groups in total. The molecule has 0 aromatic carbocycles. The van der Waals surface area contributed by atoms with E-state index in [0.29, 0.717) is 10.6 Å². The van der Waals surface area contributed by atoms with E-state index in [1.807, 2.05) is 13.8 Å². The molecule has 18 heavy (non-hydrogen) atoms. The van der Waals surface area contributed by atoms with Gasteiger partial charge in [-0.25, -0.2) is 0 Å². The summed E-state index contributed by atoms with van der Waals surface area (Å²) >= 11 is 0. The molecule has 0 radical (unpaired) electrons. The smallest absolute Gasteiger partial charge is 0.270 e. The lowest BCUT2D eigenvalue weighted by atomic mass is 10.2. The number of aromatic nitrogens is 1. The monoisotopic (exact) mass is 244 g/mol. The number of nitriles is 1. The molecule has 0 saturated carbocycles. The fourth-order valence-electron chi connectivity index (χ4n) is 1.26. The Balaban J connectivity index is 0.00000137. The van der Waals surface area contributed by atoms with Crippen LogP contribution in [0.15, 0.2) is 30.1 Å². The van der Waals surface area contributed by atoms with Crippen molar-refractivity contribution in [2.24, 2.45) is 0 Å². The van der Waals surface area contributed by atoms with E-state index in [-0.39, 0.29) is 11.3 Å². The molecule has 4 heteroatoms. The molecular weight excluding hydrogens is 228 g/mol. The van der Waals surface area contributed by atoms with Gasteiger partial charge in [0.2, 0.25) is 0 Å². The summed E-state index contributed by atoms with van der Waals surface area (Å²) in [6, 6.07) is 1.64. The summed E-state index contributed by atoms with van der Waals surface area (Å²) < 4.78 is 0. The SMILES string of the molecule is C=C/C=c1/[nH]c(=O)c(C#N)c(O)/c1=C/C=C.CC. The fraction of sp³-hybridized carbons (Fsp3) is 0.143. The quantitative estimate of drug-likeness (QED) is 0.811. The second-order valence-electron chi connectivity index (χ2n) is 2.92. The Hall–Kier alpha value is -2.54. The van der Waals surface area contributed by atoms with Gasteiger partial charge in [-0.3, -0.25) is 4.79 Å². The summed E-state index contributed by atoms with van der Waals surface area (Å²) in [5, 5.41) is 19.2. The van der Waals surface area contributed by atoms with Crippen LogP contribution in [0.4, 0.5) is 0 Å². The van der Waals surface area contributed by atoms with Gasteiger partial charge in [0.05, 0.1) is 5.35 Å². The summed E-state index contributed by atoms with van der Waals surface area (Å²) in [6.45, 7) is 11.0. The Morgan fingerprint density at radius 1 is 1.28 bits per heavy atom. The molecule has 0 aliphatic carbocycles. The van der Waals surface area contributed by atoms with Gasteiger partial charge in [0.25, 0.3) is 5.56 Å². The summed E-state index contributed by atoms with van der Waals surface area (Å²) in [4.78, 5) is 13.9. The molecule has 1 rings (SSSR count). The minimum Gasteiger partial charge on any atom is -0.506 e. The Labute approximate surface area is 106 Å². The molecule has 0 atom stereocenters. The number of hydrogen-bond acceptors (Lipinski definition) is 3. The first kappa shape index (κ1) is 15.5. The molecule has 0 spiro atoms. The second kappa shape index (κ2) is 7.69. The number of hydrogen-bond donors (Lipinski definition) is 2. The van der Waals surface area contributed by atoms with E-state index in [1.54, 1.807) is 6.07 Å². The predicted octanol–water partition coefficient (Wildman–Crippen LogP) is 0.911. The summed E-state index contributed by atoms with van der Waals surface area (Å²) in [6.07, 6.45) is 5.95. The first-order valence-electron chi connectivity index (χ1n) is 5.46. The van der Waals surface area contributed by atoms with Crippen LogP contribution >= 0.6 is 0 Å². The van der Waals surface area contributed by atoms with E-state index in [1.165, 1.54) is 24.3 Å².